The van der Waals surface area contributed by atoms with Crippen molar-refractivity contribution in [1.82, 2.24) is 29.3 Å². The Kier molecular flexibility index (Phi) is 4.00. The number of carbonyl (C=O) groups is 1. The van der Waals surface area contributed by atoms with E-state index < -0.39 is 37.1 Å². The molecule has 3 aromatic rings. The Morgan fingerprint density at radius 1 is 1.30 bits per heavy atom. The van der Waals surface area contributed by atoms with Gasteiger partial charge < -0.3 is 31.5 Å². The van der Waals surface area contributed by atoms with Gasteiger partial charge in [0.05, 0.1) is 24.7 Å². The molecule has 1 aliphatic heterocycles. The summed E-state index contributed by atoms with van der Waals surface area (Å²) in [5.41, 5.74) is 11.8. The van der Waals surface area contributed by atoms with Crippen LogP contribution in [0.3, 0.4) is 0 Å². The van der Waals surface area contributed by atoms with Crippen LogP contribution in [-0.4, -0.2) is 75.4 Å². The van der Waals surface area contributed by atoms with E-state index in [0.29, 0.717) is 0 Å². The number of aliphatic hydroxyl groups is 3. The van der Waals surface area contributed by atoms with Crippen molar-refractivity contribution in [3.05, 3.63) is 24.3 Å². The zero-order valence-electron chi connectivity index (χ0n) is 13.7. The van der Waals surface area contributed by atoms with E-state index in [0.717, 1.165) is 0 Å². The molecule has 4 heterocycles. The lowest BCUT2D eigenvalue weighted by molar-refractivity contribution is -0.0511. The number of hydrogen-bond acceptors (Lipinski definition) is 10. The zero-order chi connectivity index (χ0) is 19.3. The molecule has 0 radical (unpaired) electrons. The monoisotopic (exact) mass is 376 g/mol. The predicted octanol–water partition coefficient (Wildman–Crippen LogP) is -2.70. The number of rotatable bonds is 4. The quantitative estimate of drug-likeness (QED) is 0.319. The van der Waals surface area contributed by atoms with Gasteiger partial charge in [0.2, 0.25) is 0 Å². The van der Waals surface area contributed by atoms with Gasteiger partial charge in [0, 0.05) is 6.20 Å². The fourth-order valence-electron chi connectivity index (χ4n) is 2.88. The van der Waals surface area contributed by atoms with Crippen LogP contribution in [0.4, 0.5) is 5.82 Å². The molecule has 0 aromatic carbocycles. The van der Waals surface area contributed by atoms with Gasteiger partial charge in [-0.25, -0.2) is 9.67 Å². The van der Waals surface area contributed by atoms with Crippen molar-refractivity contribution >= 4 is 22.9 Å². The van der Waals surface area contributed by atoms with Crippen LogP contribution in [-0.2, 0) is 4.74 Å². The maximum atomic E-state index is 11.2. The van der Waals surface area contributed by atoms with Crippen molar-refractivity contribution in [1.29, 1.82) is 0 Å². The smallest absolute Gasteiger partial charge is 0.254 e. The number of hydrogen-bond donors (Lipinski definition) is 5. The average Bonchev–Trinajstić information content (AvgIpc) is 3.34. The maximum absolute atomic E-state index is 11.2. The number of anilines is 1. The number of ether oxygens (including phenoxy) is 1. The van der Waals surface area contributed by atoms with Gasteiger partial charge in [-0.1, -0.05) is 0 Å². The predicted molar refractivity (Wildman–Crippen MR) is 88.4 cm³/mol. The molecule has 1 unspecified atom stereocenters. The van der Waals surface area contributed by atoms with E-state index in [4.69, 9.17) is 16.2 Å². The fourth-order valence-corrected chi connectivity index (χ4v) is 2.88. The van der Waals surface area contributed by atoms with Gasteiger partial charge in [-0.05, 0) is 0 Å². The molecule has 27 heavy (non-hydrogen) atoms. The van der Waals surface area contributed by atoms with Crippen LogP contribution in [0.2, 0.25) is 0 Å². The van der Waals surface area contributed by atoms with Crippen molar-refractivity contribution in [3.63, 3.8) is 0 Å². The topological polar surface area (TPSA) is 200 Å². The highest BCUT2D eigenvalue weighted by molar-refractivity contribution is 5.92. The van der Waals surface area contributed by atoms with Crippen LogP contribution in [0.15, 0.2) is 18.7 Å². The van der Waals surface area contributed by atoms with Gasteiger partial charge >= 0.3 is 0 Å². The van der Waals surface area contributed by atoms with E-state index in [1.54, 1.807) is 0 Å². The normalized spacial score (nSPS) is 25.3. The molecule has 1 fully saturated rings. The number of nitrogens with zero attached hydrogens (tertiary/aromatic N) is 6. The van der Waals surface area contributed by atoms with E-state index in [9.17, 15) is 20.1 Å². The standard InChI is InChI=1S/C14H16N8O5/c15-10-7-12(20-14(19-10)22-2-5(1-18-22)11(16)26)21(4-17-7)13-9(25)8(24)6(3-23)27-13/h1-2,4,6,8-9,13,23-25H,3H2,(H2,16,26)(H2,15,19,20)/t6?,8-,9-,13-/m1/s1. The van der Waals surface area contributed by atoms with Crippen molar-refractivity contribution in [3.8, 4) is 5.95 Å². The first-order valence-corrected chi connectivity index (χ1v) is 7.88. The summed E-state index contributed by atoms with van der Waals surface area (Å²) < 4.78 is 8.08. The number of nitrogens with two attached hydrogens (primary N) is 2. The maximum Gasteiger partial charge on any atom is 0.254 e. The Morgan fingerprint density at radius 2 is 2.07 bits per heavy atom. The van der Waals surface area contributed by atoms with E-state index >= 15 is 0 Å². The van der Waals surface area contributed by atoms with Gasteiger partial charge in [0.15, 0.2) is 17.7 Å². The highest BCUT2D eigenvalue weighted by atomic mass is 16.6. The number of aliphatic hydroxyl groups excluding tert-OH is 3. The van der Waals surface area contributed by atoms with Crippen molar-refractivity contribution < 1.29 is 24.9 Å². The molecular weight excluding hydrogens is 360 g/mol. The molecule has 7 N–H and O–H groups in total. The van der Waals surface area contributed by atoms with Crippen molar-refractivity contribution in [2.45, 2.75) is 24.5 Å². The van der Waals surface area contributed by atoms with Crippen LogP contribution < -0.4 is 11.5 Å². The molecule has 1 saturated heterocycles. The summed E-state index contributed by atoms with van der Waals surface area (Å²) in [5, 5.41) is 33.4. The minimum Gasteiger partial charge on any atom is -0.394 e. The molecule has 13 heteroatoms. The molecule has 1 aliphatic rings. The zero-order valence-corrected chi connectivity index (χ0v) is 13.7. The Bertz CT molecular complexity index is 1020. The second-order valence-electron chi connectivity index (χ2n) is 6.00. The van der Waals surface area contributed by atoms with E-state index in [1.165, 1.54) is 28.0 Å². The molecule has 4 atom stereocenters. The second kappa shape index (κ2) is 6.24. The first-order valence-electron chi connectivity index (χ1n) is 7.88. The lowest BCUT2D eigenvalue weighted by Crippen LogP contribution is -2.33. The Labute approximate surface area is 150 Å². The Balaban J connectivity index is 1.80. The summed E-state index contributed by atoms with van der Waals surface area (Å²) in [7, 11) is 0. The number of imidazole rings is 1. The van der Waals surface area contributed by atoms with Gasteiger partial charge in [-0.15, -0.1) is 0 Å². The highest BCUT2D eigenvalue weighted by Gasteiger charge is 2.44. The van der Waals surface area contributed by atoms with Gasteiger partial charge in [0.1, 0.15) is 23.8 Å². The van der Waals surface area contributed by atoms with E-state index in [2.05, 4.69) is 20.1 Å². The third kappa shape index (κ3) is 2.69. The summed E-state index contributed by atoms with van der Waals surface area (Å²) >= 11 is 0. The summed E-state index contributed by atoms with van der Waals surface area (Å²) in [4.78, 5) is 23.8. The first kappa shape index (κ1) is 17.3. The number of aromatic nitrogens is 6. The molecule has 0 aliphatic carbocycles. The third-order valence-corrected chi connectivity index (χ3v) is 4.30. The van der Waals surface area contributed by atoms with Gasteiger partial charge in [-0.3, -0.25) is 9.36 Å². The minimum absolute atomic E-state index is 0.0385. The third-order valence-electron chi connectivity index (χ3n) is 4.30. The molecule has 142 valence electrons. The summed E-state index contributed by atoms with van der Waals surface area (Å²) in [6, 6.07) is 0. The number of amides is 1. The fraction of sp³-hybridized carbons (Fsp3) is 0.357. The second-order valence-corrected chi connectivity index (χ2v) is 6.00. The highest BCUT2D eigenvalue weighted by Crippen LogP contribution is 2.32. The van der Waals surface area contributed by atoms with E-state index in [1.807, 2.05) is 0 Å². The molecule has 13 nitrogen and oxygen atoms in total. The molecule has 4 rings (SSSR count). The summed E-state index contributed by atoms with van der Waals surface area (Å²) in [6.07, 6.45) is -0.650. The number of fused-ring (bicyclic) bond motifs is 1. The SMILES string of the molecule is NC(=O)c1cnn(-c2nc(N)c3ncn([C@@H]4OC(CO)[C@@H](O)[C@H]4O)c3n2)c1. The lowest BCUT2D eigenvalue weighted by atomic mass is 10.1. The minimum atomic E-state index is -1.31. The molecular formula is C14H16N8O5. The molecule has 3 aromatic heterocycles. The van der Waals surface area contributed by atoms with Crippen LogP contribution in [0.5, 0.6) is 0 Å². The van der Waals surface area contributed by atoms with E-state index in [-0.39, 0.29) is 28.5 Å². The molecule has 0 spiro atoms. The molecule has 0 bridgehead atoms. The van der Waals surface area contributed by atoms with Crippen molar-refractivity contribution in [2.75, 3.05) is 12.3 Å². The molecule has 0 saturated carbocycles. The Hall–Kier alpha value is -3.13. The first-order chi connectivity index (χ1) is 12.9. The van der Waals surface area contributed by atoms with Crippen LogP contribution >= 0.6 is 0 Å². The van der Waals surface area contributed by atoms with Crippen LogP contribution in [0, 0.1) is 0 Å². The van der Waals surface area contributed by atoms with Crippen LogP contribution in [0.25, 0.3) is 17.1 Å². The summed E-state index contributed by atoms with van der Waals surface area (Å²) in [5.74, 6) is -0.579. The molecule has 1 amide bonds. The summed E-state index contributed by atoms with van der Waals surface area (Å²) in [6.45, 7) is -0.465. The lowest BCUT2D eigenvalue weighted by Gasteiger charge is -2.16. The average molecular weight is 376 g/mol. The Morgan fingerprint density at radius 3 is 2.70 bits per heavy atom. The number of primary amides is 1. The van der Waals surface area contributed by atoms with Gasteiger partial charge in [-0.2, -0.15) is 15.1 Å². The largest absolute Gasteiger partial charge is 0.394 e. The van der Waals surface area contributed by atoms with Crippen LogP contribution in [0.1, 0.15) is 16.6 Å². The van der Waals surface area contributed by atoms with Crippen molar-refractivity contribution in [2.24, 2.45) is 5.73 Å². The number of carbonyl (C=O) groups excluding carboxylic acids is 1. The number of nitrogen functional groups attached to an aromatic ring is 1. The van der Waals surface area contributed by atoms with Gasteiger partial charge in [0.25, 0.3) is 11.9 Å².